The Morgan fingerprint density at radius 2 is 2.00 bits per heavy atom. The number of allylic oxidation sites excluding steroid dienone is 2. The number of fused-ring (bicyclic) bond motifs is 1. The number of anilines is 1. The molecule has 1 saturated carbocycles. The number of imidazole rings is 1. The third-order valence-corrected chi connectivity index (χ3v) is 8.25. The van der Waals surface area contributed by atoms with Crippen molar-refractivity contribution in [1.29, 1.82) is 0 Å². The zero-order valence-electron chi connectivity index (χ0n) is 22.4. The molecule has 2 atom stereocenters. The number of carbonyl (C=O) groups is 1. The number of hydrogen-bond acceptors (Lipinski definition) is 6. The van der Waals surface area contributed by atoms with Crippen LogP contribution in [0.25, 0.3) is 22.7 Å². The summed E-state index contributed by atoms with van der Waals surface area (Å²) in [5, 5.41) is 13.3. The van der Waals surface area contributed by atoms with Gasteiger partial charge in [0.1, 0.15) is 11.2 Å². The van der Waals surface area contributed by atoms with E-state index in [2.05, 4.69) is 64.7 Å². The van der Waals surface area contributed by atoms with Crippen molar-refractivity contribution in [1.82, 2.24) is 24.5 Å². The minimum Gasteiger partial charge on any atom is -0.475 e. The minimum atomic E-state index is -1.15. The van der Waals surface area contributed by atoms with E-state index in [1.165, 1.54) is 43.2 Å². The summed E-state index contributed by atoms with van der Waals surface area (Å²) >= 11 is 0. The first-order valence-corrected chi connectivity index (χ1v) is 13.8. The zero-order chi connectivity index (χ0) is 26.1. The second-order valence-electron chi connectivity index (χ2n) is 11.1. The number of aromatic nitrogens is 5. The molecular formula is C29H38N6O2. The molecule has 8 heteroatoms. The van der Waals surface area contributed by atoms with Gasteiger partial charge in [0.2, 0.25) is 5.82 Å². The summed E-state index contributed by atoms with van der Waals surface area (Å²) in [4.78, 5) is 30.4. The van der Waals surface area contributed by atoms with Crippen molar-refractivity contribution in [2.45, 2.75) is 91.1 Å². The van der Waals surface area contributed by atoms with Crippen LogP contribution in [0.1, 0.15) is 94.7 Å². The van der Waals surface area contributed by atoms with Crippen LogP contribution in [0, 0.1) is 11.8 Å². The first kappa shape index (κ1) is 25.4. The van der Waals surface area contributed by atoms with Gasteiger partial charge in [0.05, 0.1) is 0 Å². The summed E-state index contributed by atoms with van der Waals surface area (Å²) in [6, 6.07) is 4.30. The molecule has 0 bridgehead atoms. The van der Waals surface area contributed by atoms with Gasteiger partial charge in [-0.15, -0.1) is 0 Å². The SMILES string of the molecule is CCC1CC=C(Cn2c(-c3cc(C(C)C)ccn3)nc3nc(C(=O)O)nc(NC(C)C4CCC4)c32)CC1. The third-order valence-electron chi connectivity index (χ3n) is 8.25. The average molecular weight is 503 g/mol. The summed E-state index contributed by atoms with van der Waals surface area (Å²) in [6.45, 7) is 9.40. The molecule has 0 spiro atoms. The van der Waals surface area contributed by atoms with Crippen molar-refractivity contribution in [2.75, 3.05) is 5.32 Å². The van der Waals surface area contributed by atoms with E-state index in [0.717, 1.165) is 30.0 Å². The maximum absolute atomic E-state index is 11.9. The van der Waals surface area contributed by atoms with Crippen LogP contribution < -0.4 is 5.32 Å². The van der Waals surface area contributed by atoms with E-state index in [0.29, 0.717) is 35.7 Å². The number of nitrogens with one attached hydrogen (secondary N) is 1. The molecule has 3 aromatic heterocycles. The van der Waals surface area contributed by atoms with Gasteiger partial charge in [0.25, 0.3) is 0 Å². The topological polar surface area (TPSA) is 106 Å². The second kappa shape index (κ2) is 10.6. The third kappa shape index (κ3) is 5.24. The van der Waals surface area contributed by atoms with Crippen LogP contribution in [0.15, 0.2) is 30.0 Å². The molecule has 8 nitrogen and oxygen atoms in total. The normalized spacial score (nSPS) is 19.1. The summed E-state index contributed by atoms with van der Waals surface area (Å²) in [6.07, 6.45) is 12.3. The number of carboxylic acids is 1. The Labute approximate surface area is 218 Å². The number of pyridine rings is 1. The molecule has 2 aliphatic carbocycles. The van der Waals surface area contributed by atoms with Crippen LogP contribution >= 0.6 is 0 Å². The van der Waals surface area contributed by atoms with Gasteiger partial charge < -0.3 is 15.0 Å². The molecule has 3 heterocycles. The standard InChI is InChI=1S/C29H38N6O2/c1-5-19-9-11-20(12-10-19)16-35-24-25(31-18(4)21-7-6-8-21)32-27(29(36)37)33-26(24)34-28(35)23-15-22(17(2)3)13-14-30-23/h11,13-15,17-19,21H,5-10,12,16H2,1-4H3,(H,36,37)(H,31,32,33). The maximum Gasteiger partial charge on any atom is 0.374 e. The molecule has 2 unspecified atom stereocenters. The average Bonchev–Trinajstić information content (AvgIpc) is 3.22. The Morgan fingerprint density at radius 1 is 1.19 bits per heavy atom. The minimum absolute atomic E-state index is 0.182. The molecular weight excluding hydrogens is 464 g/mol. The Hall–Kier alpha value is -3.29. The van der Waals surface area contributed by atoms with E-state index in [4.69, 9.17) is 4.98 Å². The van der Waals surface area contributed by atoms with Gasteiger partial charge in [0.15, 0.2) is 17.3 Å². The largest absolute Gasteiger partial charge is 0.475 e. The summed E-state index contributed by atoms with van der Waals surface area (Å²) in [7, 11) is 0. The lowest BCUT2D eigenvalue weighted by molar-refractivity contribution is 0.0684. The fraction of sp³-hybridized carbons (Fsp3) is 0.552. The Balaban J connectivity index is 1.67. The van der Waals surface area contributed by atoms with E-state index in [-0.39, 0.29) is 11.9 Å². The Kier molecular flexibility index (Phi) is 7.26. The monoisotopic (exact) mass is 502 g/mol. The van der Waals surface area contributed by atoms with Crippen LogP contribution in [-0.4, -0.2) is 41.6 Å². The van der Waals surface area contributed by atoms with Crippen LogP contribution in [0.3, 0.4) is 0 Å². The highest BCUT2D eigenvalue weighted by atomic mass is 16.4. The number of nitrogens with zero attached hydrogens (tertiary/aromatic N) is 5. The van der Waals surface area contributed by atoms with E-state index in [1.807, 2.05) is 12.3 Å². The number of rotatable bonds is 9. The predicted octanol–water partition coefficient (Wildman–Crippen LogP) is 6.45. The Bertz CT molecular complexity index is 1320. The van der Waals surface area contributed by atoms with Crippen molar-refractivity contribution in [2.24, 2.45) is 11.8 Å². The second-order valence-corrected chi connectivity index (χ2v) is 11.1. The summed E-state index contributed by atoms with van der Waals surface area (Å²) in [5.74, 6) is 1.51. The molecule has 2 aliphatic rings. The van der Waals surface area contributed by atoms with E-state index in [9.17, 15) is 9.90 Å². The highest BCUT2D eigenvalue weighted by Gasteiger charge is 2.28. The number of aromatic carboxylic acids is 1. The molecule has 3 aromatic rings. The lowest BCUT2D eigenvalue weighted by Crippen LogP contribution is -2.31. The zero-order valence-corrected chi connectivity index (χ0v) is 22.4. The van der Waals surface area contributed by atoms with Crippen LogP contribution in [-0.2, 0) is 6.54 Å². The van der Waals surface area contributed by atoms with Crippen LogP contribution in [0.2, 0.25) is 0 Å². The molecule has 0 aliphatic heterocycles. The molecule has 0 saturated heterocycles. The fourth-order valence-corrected chi connectivity index (χ4v) is 5.44. The summed E-state index contributed by atoms with van der Waals surface area (Å²) in [5.41, 5.74) is 4.46. The molecule has 0 radical (unpaired) electrons. The van der Waals surface area contributed by atoms with Gasteiger partial charge in [-0.3, -0.25) is 4.98 Å². The molecule has 0 aromatic carbocycles. The number of carboxylic acid groups (broad SMARTS) is 1. The predicted molar refractivity (Wildman–Crippen MR) is 146 cm³/mol. The van der Waals surface area contributed by atoms with Gasteiger partial charge >= 0.3 is 5.97 Å². The molecule has 196 valence electrons. The van der Waals surface area contributed by atoms with E-state index < -0.39 is 5.97 Å². The highest BCUT2D eigenvalue weighted by Crippen LogP contribution is 2.35. The quantitative estimate of drug-likeness (QED) is 0.324. The lowest BCUT2D eigenvalue weighted by Gasteiger charge is -2.32. The summed E-state index contributed by atoms with van der Waals surface area (Å²) < 4.78 is 2.15. The van der Waals surface area contributed by atoms with E-state index in [1.54, 1.807) is 0 Å². The molecule has 1 fully saturated rings. The highest BCUT2D eigenvalue weighted by molar-refractivity contribution is 5.92. The molecule has 37 heavy (non-hydrogen) atoms. The molecule has 2 N–H and O–H groups in total. The van der Waals surface area contributed by atoms with Crippen molar-refractivity contribution < 1.29 is 9.90 Å². The van der Waals surface area contributed by atoms with Gasteiger partial charge in [-0.2, -0.15) is 0 Å². The smallest absolute Gasteiger partial charge is 0.374 e. The number of hydrogen-bond donors (Lipinski definition) is 2. The van der Waals surface area contributed by atoms with E-state index >= 15 is 0 Å². The van der Waals surface area contributed by atoms with Gasteiger partial charge in [-0.1, -0.05) is 45.3 Å². The van der Waals surface area contributed by atoms with Gasteiger partial charge in [-0.05, 0) is 74.5 Å². The molecule has 5 rings (SSSR count). The first-order chi connectivity index (χ1) is 17.8. The van der Waals surface area contributed by atoms with Crippen LogP contribution in [0.4, 0.5) is 5.82 Å². The van der Waals surface area contributed by atoms with Crippen molar-refractivity contribution in [3.05, 3.63) is 41.4 Å². The Morgan fingerprint density at radius 3 is 2.62 bits per heavy atom. The van der Waals surface area contributed by atoms with Crippen molar-refractivity contribution >= 4 is 23.0 Å². The van der Waals surface area contributed by atoms with Crippen molar-refractivity contribution in [3.63, 3.8) is 0 Å². The fourth-order valence-electron chi connectivity index (χ4n) is 5.44. The lowest BCUT2D eigenvalue weighted by atomic mass is 9.80. The van der Waals surface area contributed by atoms with Gasteiger partial charge in [-0.25, -0.2) is 19.7 Å². The molecule has 0 amide bonds. The van der Waals surface area contributed by atoms with Crippen molar-refractivity contribution in [3.8, 4) is 11.5 Å². The van der Waals surface area contributed by atoms with Gasteiger partial charge in [0, 0.05) is 18.8 Å². The van der Waals surface area contributed by atoms with Crippen LogP contribution in [0.5, 0.6) is 0 Å². The first-order valence-electron chi connectivity index (χ1n) is 13.8. The maximum atomic E-state index is 11.9.